The lowest BCUT2D eigenvalue weighted by Gasteiger charge is -2.22. The smallest absolute Gasteiger partial charge is 0.220 e. The van der Waals surface area contributed by atoms with Crippen LogP contribution in [0.4, 0.5) is 0 Å². The molecule has 4 nitrogen and oxygen atoms in total. The number of benzene rings is 1. The summed E-state index contributed by atoms with van der Waals surface area (Å²) in [6, 6.07) is 8.93. The maximum atomic E-state index is 11.3. The van der Waals surface area contributed by atoms with Gasteiger partial charge in [-0.3, -0.25) is 4.79 Å². The van der Waals surface area contributed by atoms with Crippen molar-refractivity contribution >= 4 is 5.91 Å². The molecule has 1 saturated carbocycles. The van der Waals surface area contributed by atoms with Crippen molar-refractivity contribution in [1.82, 2.24) is 15.3 Å². The van der Waals surface area contributed by atoms with E-state index in [2.05, 4.69) is 39.6 Å². The normalized spacial score (nSPS) is 22.3. The molecule has 120 valence electrons. The molecule has 0 bridgehead atoms. The zero-order valence-corrected chi connectivity index (χ0v) is 13.3. The van der Waals surface area contributed by atoms with Gasteiger partial charge in [0.1, 0.15) is 5.82 Å². The molecule has 2 aliphatic rings. The fourth-order valence-electron chi connectivity index (χ4n) is 3.86. The summed E-state index contributed by atoms with van der Waals surface area (Å²) in [4.78, 5) is 19.2. The monoisotopic (exact) mass is 309 g/mol. The molecule has 0 radical (unpaired) electrons. The number of imidazole rings is 1. The van der Waals surface area contributed by atoms with Crippen molar-refractivity contribution in [2.75, 3.05) is 6.54 Å². The third-order valence-corrected chi connectivity index (χ3v) is 5.26. The Morgan fingerprint density at radius 1 is 1.00 bits per heavy atom. The van der Waals surface area contributed by atoms with Crippen LogP contribution in [0.15, 0.2) is 30.5 Å². The van der Waals surface area contributed by atoms with Crippen molar-refractivity contribution in [2.45, 2.75) is 50.4 Å². The average molecular weight is 309 g/mol. The summed E-state index contributed by atoms with van der Waals surface area (Å²) in [5.41, 5.74) is 3.67. The van der Waals surface area contributed by atoms with Crippen molar-refractivity contribution in [1.29, 1.82) is 0 Å². The molecule has 1 aromatic heterocycles. The van der Waals surface area contributed by atoms with Crippen molar-refractivity contribution in [2.24, 2.45) is 0 Å². The minimum Gasteiger partial charge on any atom is -0.355 e. The van der Waals surface area contributed by atoms with Gasteiger partial charge in [0, 0.05) is 18.9 Å². The molecule has 1 aliphatic heterocycles. The van der Waals surface area contributed by atoms with Crippen LogP contribution in [-0.4, -0.2) is 22.4 Å². The van der Waals surface area contributed by atoms with Crippen LogP contribution in [0.3, 0.4) is 0 Å². The van der Waals surface area contributed by atoms with Crippen molar-refractivity contribution in [3.05, 3.63) is 41.9 Å². The largest absolute Gasteiger partial charge is 0.355 e. The Bertz CT molecular complexity index is 683. The molecule has 1 saturated heterocycles. The highest BCUT2D eigenvalue weighted by molar-refractivity contribution is 5.79. The molecule has 2 N–H and O–H groups in total. The van der Waals surface area contributed by atoms with Crippen LogP contribution in [0.2, 0.25) is 0 Å². The Kier molecular flexibility index (Phi) is 3.90. The van der Waals surface area contributed by atoms with Crippen molar-refractivity contribution < 1.29 is 4.79 Å². The van der Waals surface area contributed by atoms with Crippen LogP contribution in [0, 0.1) is 0 Å². The molecular formula is C19H23N3O. The third-order valence-electron chi connectivity index (χ3n) is 5.26. The number of H-pyrrole nitrogens is 1. The predicted octanol–water partition coefficient (Wildman–Crippen LogP) is 3.73. The van der Waals surface area contributed by atoms with E-state index >= 15 is 0 Å². The first-order chi connectivity index (χ1) is 11.3. The summed E-state index contributed by atoms with van der Waals surface area (Å²) in [5, 5.41) is 2.86. The molecule has 1 aromatic carbocycles. The maximum Gasteiger partial charge on any atom is 0.220 e. The van der Waals surface area contributed by atoms with E-state index in [0.29, 0.717) is 13.0 Å². The minimum absolute atomic E-state index is 0.116. The fourth-order valence-corrected chi connectivity index (χ4v) is 3.86. The number of carbonyl (C=O) groups is 1. The quantitative estimate of drug-likeness (QED) is 0.907. The summed E-state index contributed by atoms with van der Waals surface area (Å²) < 4.78 is 0. The number of amides is 1. The van der Waals surface area contributed by atoms with E-state index in [1.807, 2.05) is 6.20 Å². The van der Waals surface area contributed by atoms with Crippen LogP contribution in [0.5, 0.6) is 0 Å². The Balaban J connectivity index is 1.49. The Morgan fingerprint density at radius 3 is 2.48 bits per heavy atom. The van der Waals surface area contributed by atoms with Gasteiger partial charge in [-0.1, -0.05) is 43.5 Å². The zero-order chi connectivity index (χ0) is 15.6. The first-order valence-electron chi connectivity index (χ1n) is 8.71. The summed E-state index contributed by atoms with van der Waals surface area (Å²) in [7, 11) is 0. The van der Waals surface area contributed by atoms with Gasteiger partial charge in [0.25, 0.3) is 0 Å². The number of hydrogen-bond acceptors (Lipinski definition) is 2. The highest BCUT2D eigenvalue weighted by atomic mass is 16.1. The van der Waals surface area contributed by atoms with E-state index in [9.17, 15) is 4.79 Å². The summed E-state index contributed by atoms with van der Waals surface area (Å²) >= 11 is 0. The second-order valence-corrected chi connectivity index (χ2v) is 6.84. The fraction of sp³-hybridized carbons (Fsp3) is 0.474. The molecule has 1 amide bonds. The number of nitrogens with zero attached hydrogens (tertiary/aromatic N) is 1. The average Bonchev–Trinajstić information content (AvgIpc) is 3.25. The van der Waals surface area contributed by atoms with Crippen LogP contribution in [-0.2, 0) is 4.79 Å². The molecule has 1 aliphatic carbocycles. The van der Waals surface area contributed by atoms with Gasteiger partial charge in [-0.25, -0.2) is 4.98 Å². The Hall–Kier alpha value is -2.10. The molecule has 2 fully saturated rings. The van der Waals surface area contributed by atoms with Crippen molar-refractivity contribution in [3.8, 4) is 11.3 Å². The molecule has 0 unspecified atom stereocenters. The van der Waals surface area contributed by atoms with E-state index in [1.54, 1.807) is 0 Å². The highest BCUT2D eigenvalue weighted by Crippen LogP contribution is 2.33. The number of rotatable bonds is 3. The van der Waals surface area contributed by atoms with Gasteiger partial charge in [-0.2, -0.15) is 0 Å². The van der Waals surface area contributed by atoms with Gasteiger partial charge in [-0.05, 0) is 29.9 Å². The van der Waals surface area contributed by atoms with E-state index in [4.69, 9.17) is 0 Å². The summed E-state index contributed by atoms with van der Waals surface area (Å²) in [6.07, 6.45) is 9.20. The first kappa shape index (κ1) is 14.5. The lowest BCUT2D eigenvalue weighted by atomic mass is 9.84. The van der Waals surface area contributed by atoms with Crippen LogP contribution in [0.25, 0.3) is 11.3 Å². The molecule has 1 atom stereocenters. The molecule has 4 rings (SSSR count). The van der Waals surface area contributed by atoms with Gasteiger partial charge in [0.2, 0.25) is 5.91 Å². The number of hydrogen-bond donors (Lipinski definition) is 2. The molecule has 2 aromatic rings. The summed E-state index contributed by atoms with van der Waals surface area (Å²) in [5.74, 6) is 1.95. The Labute approximate surface area is 136 Å². The van der Waals surface area contributed by atoms with Crippen LogP contribution < -0.4 is 5.32 Å². The number of aromatic amines is 1. The van der Waals surface area contributed by atoms with E-state index in [1.165, 1.54) is 43.2 Å². The zero-order valence-electron chi connectivity index (χ0n) is 13.3. The number of carbonyl (C=O) groups excluding carboxylic acids is 1. The maximum absolute atomic E-state index is 11.3. The molecule has 23 heavy (non-hydrogen) atoms. The minimum atomic E-state index is 0.116. The van der Waals surface area contributed by atoms with Crippen LogP contribution >= 0.6 is 0 Å². The SMILES string of the molecule is O=C1C[C@H](c2ncc(-c3ccc(C4CCCCC4)cc3)[nH]2)CN1. The van der Waals surface area contributed by atoms with E-state index < -0.39 is 0 Å². The van der Waals surface area contributed by atoms with Gasteiger partial charge >= 0.3 is 0 Å². The van der Waals surface area contributed by atoms with Crippen molar-refractivity contribution in [3.63, 3.8) is 0 Å². The second kappa shape index (κ2) is 6.19. The molecule has 4 heteroatoms. The van der Waals surface area contributed by atoms with E-state index in [-0.39, 0.29) is 11.8 Å². The topological polar surface area (TPSA) is 57.8 Å². The first-order valence-corrected chi connectivity index (χ1v) is 8.71. The third kappa shape index (κ3) is 3.03. The molecular weight excluding hydrogens is 286 g/mol. The number of aromatic nitrogens is 2. The molecule has 2 heterocycles. The van der Waals surface area contributed by atoms with E-state index in [0.717, 1.165) is 17.4 Å². The molecule has 0 spiro atoms. The lowest BCUT2D eigenvalue weighted by molar-refractivity contribution is -0.119. The lowest BCUT2D eigenvalue weighted by Crippen LogP contribution is -2.13. The standard InChI is InChI=1S/C19H23N3O/c23-18-10-16(11-20-18)19-21-12-17(22-19)15-8-6-14(7-9-15)13-4-2-1-3-5-13/h6-9,12-13,16H,1-5,10-11H2,(H,20,23)(H,21,22)/t16-/m0/s1. The number of nitrogens with one attached hydrogen (secondary N) is 2. The van der Waals surface area contributed by atoms with Crippen LogP contribution in [0.1, 0.15) is 61.7 Å². The van der Waals surface area contributed by atoms with Gasteiger partial charge in [0.15, 0.2) is 0 Å². The predicted molar refractivity (Wildman–Crippen MR) is 90.2 cm³/mol. The highest BCUT2D eigenvalue weighted by Gasteiger charge is 2.25. The summed E-state index contributed by atoms with van der Waals surface area (Å²) in [6.45, 7) is 0.687. The second-order valence-electron chi connectivity index (χ2n) is 6.84. The Morgan fingerprint density at radius 2 is 1.78 bits per heavy atom. The van der Waals surface area contributed by atoms with Gasteiger partial charge in [0.05, 0.1) is 11.9 Å². The van der Waals surface area contributed by atoms with Gasteiger partial charge in [-0.15, -0.1) is 0 Å². The van der Waals surface area contributed by atoms with Gasteiger partial charge < -0.3 is 10.3 Å².